The number of benzene rings is 1. The van der Waals surface area contributed by atoms with E-state index in [-0.39, 0.29) is 35.5 Å². The van der Waals surface area contributed by atoms with Crippen molar-refractivity contribution in [3.8, 4) is 0 Å². The van der Waals surface area contributed by atoms with Crippen LogP contribution in [0, 0.1) is 0 Å². The van der Waals surface area contributed by atoms with Gasteiger partial charge in [-0.1, -0.05) is 11.6 Å². The minimum atomic E-state index is -0.338. The van der Waals surface area contributed by atoms with E-state index in [0.717, 1.165) is 18.6 Å². The Labute approximate surface area is 174 Å². The third kappa shape index (κ3) is 4.63. The Morgan fingerprint density at radius 2 is 1.79 bits per heavy atom. The highest BCUT2D eigenvalue weighted by Gasteiger charge is 2.47. The summed E-state index contributed by atoms with van der Waals surface area (Å²) in [6.45, 7) is 3.98. The van der Waals surface area contributed by atoms with Crippen LogP contribution in [0.5, 0.6) is 0 Å². The Morgan fingerprint density at radius 1 is 1.11 bits per heavy atom. The molecule has 2 fully saturated rings. The average molecular weight is 425 g/mol. The molecule has 0 radical (unpaired) electrons. The van der Waals surface area contributed by atoms with Gasteiger partial charge < -0.3 is 14.5 Å². The van der Waals surface area contributed by atoms with Gasteiger partial charge in [0.25, 0.3) is 5.91 Å². The number of rotatable bonds is 5. The predicted octanol–water partition coefficient (Wildman–Crippen LogP) is 3.19. The first-order valence-corrected chi connectivity index (χ1v) is 11.0. The van der Waals surface area contributed by atoms with E-state index in [4.69, 9.17) is 16.3 Å². The molecule has 28 heavy (non-hydrogen) atoms. The molecule has 0 aromatic heterocycles. The summed E-state index contributed by atoms with van der Waals surface area (Å²) in [5.41, 5.74) is 0.638. The number of ether oxygens (including phenoxy) is 1. The average Bonchev–Trinajstić information content (AvgIpc) is 3.10. The smallest absolute Gasteiger partial charge is 0.306 e. The summed E-state index contributed by atoms with van der Waals surface area (Å²) in [4.78, 5) is 40.4. The number of likely N-dealkylation sites (tertiary alicyclic amines) is 1. The molecule has 1 spiro atoms. The van der Waals surface area contributed by atoms with Crippen LogP contribution in [0.4, 0.5) is 0 Å². The molecule has 3 rings (SSSR count). The molecular formula is C20H25ClN2O4S. The van der Waals surface area contributed by atoms with Crippen molar-refractivity contribution in [2.45, 2.75) is 37.5 Å². The largest absolute Gasteiger partial charge is 0.466 e. The van der Waals surface area contributed by atoms with Crippen LogP contribution >= 0.6 is 23.4 Å². The second-order valence-electron chi connectivity index (χ2n) is 6.94. The summed E-state index contributed by atoms with van der Waals surface area (Å²) >= 11 is 7.74. The van der Waals surface area contributed by atoms with Gasteiger partial charge in [0, 0.05) is 42.4 Å². The van der Waals surface area contributed by atoms with Crippen molar-refractivity contribution >= 4 is 41.1 Å². The van der Waals surface area contributed by atoms with Gasteiger partial charge in [-0.2, -0.15) is 0 Å². The lowest BCUT2D eigenvalue weighted by atomic mass is 10.0. The van der Waals surface area contributed by atoms with Crippen LogP contribution in [0.15, 0.2) is 24.3 Å². The first-order valence-electron chi connectivity index (χ1n) is 9.60. The van der Waals surface area contributed by atoms with Gasteiger partial charge in [-0.25, -0.2) is 0 Å². The number of nitrogens with zero attached hydrogens (tertiary/aromatic N) is 2. The van der Waals surface area contributed by atoms with Gasteiger partial charge in [-0.15, -0.1) is 11.8 Å². The minimum absolute atomic E-state index is 0.0174. The summed E-state index contributed by atoms with van der Waals surface area (Å²) in [5.74, 6) is 0.552. The van der Waals surface area contributed by atoms with Crippen LogP contribution < -0.4 is 0 Å². The summed E-state index contributed by atoms with van der Waals surface area (Å²) in [6, 6.07) is 6.98. The van der Waals surface area contributed by atoms with Crippen LogP contribution in [0.2, 0.25) is 5.02 Å². The molecule has 6 nitrogen and oxygen atoms in total. The van der Waals surface area contributed by atoms with E-state index in [9.17, 15) is 14.4 Å². The van der Waals surface area contributed by atoms with E-state index >= 15 is 0 Å². The predicted molar refractivity (Wildman–Crippen MR) is 109 cm³/mol. The molecule has 0 atom stereocenters. The van der Waals surface area contributed by atoms with Crippen molar-refractivity contribution in [2.75, 3.05) is 32.0 Å². The lowest BCUT2D eigenvalue weighted by Gasteiger charge is -2.44. The highest BCUT2D eigenvalue weighted by atomic mass is 35.5. The van der Waals surface area contributed by atoms with Crippen LogP contribution in [-0.4, -0.2) is 64.4 Å². The topological polar surface area (TPSA) is 66.9 Å². The van der Waals surface area contributed by atoms with E-state index in [1.807, 2.05) is 4.90 Å². The van der Waals surface area contributed by atoms with Crippen LogP contribution in [0.1, 0.15) is 43.0 Å². The maximum absolute atomic E-state index is 13.0. The van der Waals surface area contributed by atoms with Crippen molar-refractivity contribution in [1.82, 2.24) is 9.80 Å². The Kier molecular flexibility index (Phi) is 6.88. The molecule has 0 N–H and O–H groups in total. The number of hydrogen-bond donors (Lipinski definition) is 0. The first kappa shape index (κ1) is 21.0. The summed E-state index contributed by atoms with van der Waals surface area (Å²) in [7, 11) is 0. The molecule has 2 aliphatic heterocycles. The Bertz CT molecular complexity index is 732. The number of esters is 1. The van der Waals surface area contributed by atoms with E-state index < -0.39 is 0 Å². The number of piperidine rings is 1. The SMILES string of the molecule is CCOC(=O)CCC(=O)N1CCC2(CC1)SCCN2C(=O)c1ccc(Cl)cc1. The van der Waals surface area contributed by atoms with Gasteiger partial charge in [0.05, 0.1) is 17.9 Å². The molecule has 0 unspecified atom stereocenters. The van der Waals surface area contributed by atoms with Gasteiger partial charge in [-0.05, 0) is 44.0 Å². The van der Waals surface area contributed by atoms with Crippen molar-refractivity contribution in [1.29, 1.82) is 0 Å². The van der Waals surface area contributed by atoms with Crippen molar-refractivity contribution in [3.05, 3.63) is 34.9 Å². The van der Waals surface area contributed by atoms with Gasteiger partial charge in [-0.3, -0.25) is 14.4 Å². The van der Waals surface area contributed by atoms with Gasteiger partial charge in [0.1, 0.15) is 0 Å². The molecule has 2 saturated heterocycles. The van der Waals surface area contributed by atoms with E-state index in [0.29, 0.717) is 36.8 Å². The fraction of sp³-hybridized carbons (Fsp3) is 0.550. The highest BCUT2D eigenvalue weighted by Crippen LogP contribution is 2.44. The van der Waals surface area contributed by atoms with Crippen molar-refractivity contribution in [2.24, 2.45) is 0 Å². The molecule has 0 aliphatic carbocycles. The number of hydrogen-bond acceptors (Lipinski definition) is 5. The minimum Gasteiger partial charge on any atom is -0.466 e. The molecular weight excluding hydrogens is 400 g/mol. The number of carbonyl (C=O) groups excluding carboxylic acids is 3. The summed E-state index contributed by atoms with van der Waals surface area (Å²) in [5, 5.41) is 0.608. The quantitative estimate of drug-likeness (QED) is 0.679. The second kappa shape index (κ2) is 9.18. The van der Waals surface area contributed by atoms with Crippen LogP contribution in [0.3, 0.4) is 0 Å². The van der Waals surface area contributed by atoms with Gasteiger partial charge in [0.15, 0.2) is 0 Å². The fourth-order valence-electron chi connectivity index (χ4n) is 3.76. The molecule has 2 aliphatic rings. The maximum Gasteiger partial charge on any atom is 0.306 e. The fourth-order valence-corrected chi connectivity index (χ4v) is 5.34. The molecule has 2 heterocycles. The molecule has 8 heteroatoms. The Balaban J connectivity index is 1.58. The zero-order valence-electron chi connectivity index (χ0n) is 16.0. The molecule has 152 valence electrons. The maximum atomic E-state index is 13.0. The second-order valence-corrected chi connectivity index (χ2v) is 8.84. The van der Waals surface area contributed by atoms with E-state index in [2.05, 4.69) is 0 Å². The Hall–Kier alpha value is -1.73. The number of carbonyl (C=O) groups is 3. The number of thioether (sulfide) groups is 1. The normalized spacial score (nSPS) is 18.4. The highest BCUT2D eigenvalue weighted by molar-refractivity contribution is 8.00. The standard InChI is InChI=1S/C20H25ClN2O4S/c1-2-27-18(25)8-7-17(24)22-11-9-20(10-12-22)23(13-14-28-20)19(26)15-3-5-16(21)6-4-15/h3-6H,2,7-14H2,1H3. The first-order chi connectivity index (χ1) is 13.4. The van der Waals surface area contributed by atoms with Crippen molar-refractivity contribution in [3.63, 3.8) is 0 Å². The molecule has 2 amide bonds. The Morgan fingerprint density at radius 3 is 2.43 bits per heavy atom. The summed E-state index contributed by atoms with van der Waals surface area (Å²) in [6.07, 6.45) is 1.76. The monoisotopic (exact) mass is 424 g/mol. The lowest BCUT2D eigenvalue weighted by Crippen LogP contribution is -2.53. The summed E-state index contributed by atoms with van der Waals surface area (Å²) < 4.78 is 4.88. The lowest BCUT2D eigenvalue weighted by molar-refractivity contribution is -0.146. The molecule has 1 aromatic carbocycles. The number of amides is 2. The van der Waals surface area contributed by atoms with E-state index in [1.54, 1.807) is 47.9 Å². The molecule has 0 saturated carbocycles. The van der Waals surface area contributed by atoms with Crippen LogP contribution in [-0.2, 0) is 14.3 Å². The zero-order chi connectivity index (χ0) is 20.1. The number of halogens is 1. The van der Waals surface area contributed by atoms with Crippen molar-refractivity contribution < 1.29 is 19.1 Å². The van der Waals surface area contributed by atoms with Crippen LogP contribution in [0.25, 0.3) is 0 Å². The zero-order valence-corrected chi connectivity index (χ0v) is 17.6. The third-order valence-electron chi connectivity index (χ3n) is 5.26. The van der Waals surface area contributed by atoms with Gasteiger partial charge in [0.2, 0.25) is 5.91 Å². The third-order valence-corrected chi connectivity index (χ3v) is 7.06. The molecule has 1 aromatic rings. The van der Waals surface area contributed by atoms with Gasteiger partial charge >= 0.3 is 5.97 Å². The van der Waals surface area contributed by atoms with E-state index in [1.165, 1.54) is 0 Å². The molecule has 0 bridgehead atoms.